The predicted octanol–water partition coefficient (Wildman–Crippen LogP) is 2.44. The van der Waals surface area contributed by atoms with Crippen LogP contribution < -0.4 is 0 Å². The van der Waals surface area contributed by atoms with Crippen LogP contribution in [0.3, 0.4) is 0 Å². The molecule has 1 aromatic heterocycles. The fraction of sp³-hybridized carbons (Fsp3) is 0. The van der Waals surface area contributed by atoms with Crippen LogP contribution in [0.25, 0.3) is 17.4 Å². The summed E-state index contributed by atoms with van der Waals surface area (Å²) in [4.78, 5) is 10.4. The number of hydrogen-bond acceptors (Lipinski definition) is 3. The highest BCUT2D eigenvalue weighted by atomic mass is 16.5. The SMILES string of the molecule is O=C(O)C=Cc1cnoc1-c1ccccc1. The van der Waals surface area contributed by atoms with Gasteiger partial charge in [0.2, 0.25) is 0 Å². The Morgan fingerprint density at radius 3 is 2.75 bits per heavy atom. The number of hydrogen-bond donors (Lipinski definition) is 1. The molecule has 0 bridgehead atoms. The van der Waals surface area contributed by atoms with Gasteiger partial charge in [-0.25, -0.2) is 4.79 Å². The Balaban J connectivity index is 2.37. The molecule has 0 atom stereocenters. The van der Waals surface area contributed by atoms with Crippen LogP contribution in [0.1, 0.15) is 5.56 Å². The molecule has 0 spiro atoms. The van der Waals surface area contributed by atoms with Gasteiger partial charge in [0.25, 0.3) is 0 Å². The van der Waals surface area contributed by atoms with Crippen molar-refractivity contribution < 1.29 is 14.4 Å². The van der Waals surface area contributed by atoms with Crippen LogP contribution in [-0.4, -0.2) is 16.2 Å². The molecule has 0 aliphatic heterocycles. The molecule has 16 heavy (non-hydrogen) atoms. The Hall–Kier alpha value is -2.36. The Kier molecular flexibility index (Phi) is 2.82. The third kappa shape index (κ3) is 2.17. The van der Waals surface area contributed by atoms with Crippen molar-refractivity contribution in [2.45, 2.75) is 0 Å². The summed E-state index contributed by atoms with van der Waals surface area (Å²) in [7, 11) is 0. The van der Waals surface area contributed by atoms with E-state index in [2.05, 4.69) is 5.16 Å². The zero-order chi connectivity index (χ0) is 11.4. The van der Waals surface area contributed by atoms with Crippen molar-refractivity contribution >= 4 is 12.0 Å². The van der Waals surface area contributed by atoms with Crippen LogP contribution in [0.15, 0.2) is 47.1 Å². The van der Waals surface area contributed by atoms with E-state index in [0.29, 0.717) is 11.3 Å². The summed E-state index contributed by atoms with van der Waals surface area (Å²) < 4.78 is 5.09. The fourth-order valence-electron chi connectivity index (χ4n) is 1.34. The van der Waals surface area contributed by atoms with Gasteiger partial charge in [-0.15, -0.1) is 0 Å². The minimum atomic E-state index is -1.000. The Morgan fingerprint density at radius 1 is 1.31 bits per heavy atom. The van der Waals surface area contributed by atoms with Gasteiger partial charge in [-0.1, -0.05) is 35.5 Å². The second kappa shape index (κ2) is 4.44. The molecule has 80 valence electrons. The zero-order valence-corrected chi connectivity index (χ0v) is 8.33. The molecule has 2 rings (SSSR count). The van der Waals surface area contributed by atoms with E-state index in [0.717, 1.165) is 11.6 Å². The molecule has 1 aromatic carbocycles. The number of rotatable bonds is 3. The minimum Gasteiger partial charge on any atom is -0.478 e. The standard InChI is InChI=1S/C12H9NO3/c14-11(15)7-6-10-8-13-16-12(10)9-4-2-1-3-5-9/h1-8H,(H,14,15). The van der Waals surface area contributed by atoms with Gasteiger partial charge in [-0.05, 0) is 6.08 Å². The van der Waals surface area contributed by atoms with Gasteiger partial charge in [0, 0.05) is 17.2 Å². The summed E-state index contributed by atoms with van der Waals surface area (Å²) in [6.45, 7) is 0. The number of aliphatic carboxylic acids is 1. The van der Waals surface area contributed by atoms with Crippen LogP contribution in [0, 0.1) is 0 Å². The number of carboxylic acids is 1. The van der Waals surface area contributed by atoms with Gasteiger partial charge in [-0.2, -0.15) is 0 Å². The molecule has 0 aliphatic carbocycles. The van der Waals surface area contributed by atoms with E-state index < -0.39 is 5.97 Å². The van der Waals surface area contributed by atoms with Crippen molar-refractivity contribution in [2.75, 3.05) is 0 Å². The molecular formula is C12H9NO3. The molecular weight excluding hydrogens is 206 g/mol. The second-order valence-corrected chi connectivity index (χ2v) is 3.15. The second-order valence-electron chi connectivity index (χ2n) is 3.15. The van der Waals surface area contributed by atoms with Crippen LogP contribution in [0.2, 0.25) is 0 Å². The van der Waals surface area contributed by atoms with Crippen molar-refractivity contribution in [3.63, 3.8) is 0 Å². The van der Waals surface area contributed by atoms with Crippen molar-refractivity contribution in [3.05, 3.63) is 48.2 Å². The lowest BCUT2D eigenvalue weighted by molar-refractivity contribution is -0.131. The predicted molar refractivity (Wildman–Crippen MR) is 58.6 cm³/mol. The molecule has 2 aromatic rings. The van der Waals surface area contributed by atoms with Gasteiger partial charge < -0.3 is 9.63 Å². The van der Waals surface area contributed by atoms with E-state index in [1.54, 1.807) is 0 Å². The maximum Gasteiger partial charge on any atom is 0.328 e. The van der Waals surface area contributed by atoms with Crippen molar-refractivity contribution in [2.24, 2.45) is 0 Å². The first-order valence-corrected chi connectivity index (χ1v) is 4.68. The van der Waals surface area contributed by atoms with Gasteiger partial charge in [0.05, 0.1) is 6.20 Å². The highest BCUT2D eigenvalue weighted by molar-refractivity contribution is 5.86. The smallest absolute Gasteiger partial charge is 0.328 e. The van der Waals surface area contributed by atoms with E-state index in [1.165, 1.54) is 12.3 Å². The average Bonchev–Trinajstić information content (AvgIpc) is 2.75. The molecule has 0 radical (unpaired) electrons. The van der Waals surface area contributed by atoms with Crippen LogP contribution in [0.4, 0.5) is 0 Å². The van der Waals surface area contributed by atoms with Crippen LogP contribution in [0.5, 0.6) is 0 Å². The third-order valence-corrected chi connectivity index (χ3v) is 2.04. The van der Waals surface area contributed by atoms with E-state index >= 15 is 0 Å². The molecule has 1 heterocycles. The average molecular weight is 215 g/mol. The lowest BCUT2D eigenvalue weighted by atomic mass is 10.1. The van der Waals surface area contributed by atoms with Gasteiger partial charge >= 0.3 is 5.97 Å². The maximum absolute atomic E-state index is 10.4. The number of nitrogens with zero attached hydrogens (tertiary/aromatic N) is 1. The molecule has 4 heteroatoms. The molecule has 1 N–H and O–H groups in total. The maximum atomic E-state index is 10.4. The van der Waals surface area contributed by atoms with E-state index in [4.69, 9.17) is 9.63 Å². The van der Waals surface area contributed by atoms with Gasteiger partial charge in [0.1, 0.15) is 0 Å². The first kappa shape index (κ1) is 10.2. The Bertz CT molecular complexity index is 514. The van der Waals surface area contributed by atoms with Gasteiger partial charge in [-0.3, -0.25) is 0 Å². The number of benzene rings is 1. The van der Waals surface area contributed by atoms with Crippen molar-refractivity contribution in [3.8, 4) is 11.3 Å². The molecule has 0 fully saturated rings. The first-order valence-electron chi connectivity index (χ1n) is 4.68. The summed E-state index contributed by atoms with van der Waals surface area (Å²) >= 11 is 0. The number of aromatic nitrogens is 1. The third-order valence-electron chi connectivity index (χ3n) is 2.04. The van der Waals surface area contributed by atoms with Crippen molar-refractivity contribution in [1.82, 2.24) is 5.16 Å². The normalized spacial score (nSPS) is 10.8. The van der Waals surface area contributed by atoms with Crippen LogP contribution in [-0.2, 0) is 4.79 Å². The highest BCUT2D eigenvalue weighted by Gasteiger charge is 2.07. The summed E-state index contributed by atoms with van der Waals surface area (Å²) in [5.74, 6) is -0.432. The minimum absolute atomic E-state index is 0.568. The first-order chi connectivity index (χ1) is 7.77. The van der Waals surface area contributed by atoms with E-state index in [-0.39, 0.29) is 0 Å². The molecule has 0 unspecified atom stereocenters. The Labute approximate surface area is 91.8 Å². The largest absolute Gasteiger partial charge is 0.478 e. The number of carboxylic acid groups (broad SMARTS) is 1. The molecule has 0 saturated carbocycles. The zero-order valence-electron chi connectivity index (χ0n) is 8.33. The van der Waals surface area contributed by atoms with Crippen LogP contribution >= 0.6 is 0 Å². The monoisotopic (exact) mass is 215 g/mol. The molecule has 0 amide bonds. The summed E-state index contributed by atoms with van der Waals surface area (Å²) in [6.07, 6.45) is 4.00. The molecule has 0 aliphatic rings. The van der Waals surface area contributed by atoms with Crippen molar-refractivity contribution in [1.29, 1.82) is 0 Å². The summed E-state index contributed by atoms with van der Waals surface area (Å²) in [5, 5.41) is 12.2. The van der Waals surface area contributed by atoms with Gasteiger partial charge in [0.15, 0.2) is 5.76 Å². The quantitative estimate of drug-likeness (QED) is 0.798. The highest BCUT2D eigenvalue weighted by Crippen LogP contribution is 2.23. The fourth-order valence-corrected chi connectivity index (χ4v) is 1.34. The lowest BCUT2D eigenvalue weighted by Gasteiger charge is -1.95. The summed E-state index contributed by atoms with van der Waals surface area (Å²) in [6, 6.07) is 9.40. The number of carbonyl (C=O) groups is 1. The topological polar surface area (TPSA) is 63.3 Å². The van der Waals surface area contributed by atoms with E-state index in [1.807, 2.05) is 30.3 Å². The summed E-state index contributed by atoms with van der Waals surface area (Å²) in [5.41, 5.74) is 1.51. The lowest BCUT2D eigenvalue weighted by Crippen LogP contribution is -1.85. The molecule has 0 saturated heterocycles. The Morgan fingerprint density at radius 2 is 2.06 bits per heavy atom. The van der Waals surface area contributed by atoms with E-state index in [9.17, 15) is 4.79 Å². The molecule has 4 nitrogen and oxygen atoms in total.